The predicted molar refractivity (Wildman–Crippen MR) is 253 cm³/mol. The van der Waals surface area contributed by atoms with Gasteiger partial charge in [0.25, 0.3) is 0 Å². The van der Waals surface area contributed by atoms with E-state index in [0.29, 0.717) is 11.8 Å². The van der Waals surface area contributed by atoms with Gasteiger partial charge in [0.05, 0.1) is 17.1 Å². The van der Waals surface area contributed by atoms with E-state index in [-0.39, 0.29) is 0 Å². The van der Waals surface area contributed by atoms with Gasteiger partial charge in [-0.25, -0.2) is 15.0 Å². The smallest absolute Gasteiger partial charge is 0.227 e. The number of fused-ring (bicyclic) bond motifs is 2. The Bertz CT molecular complexity index is 3230. The Hall–Kier alpha value is -7.44. The van der Waals surface area contributed by atoms with Crippen LogP contribution in [-0.4, -0.2) is 19.9 Å². The van der Waals surface area contributed by atoms with Gasteiger partial charge in [-0.3, -0.25) is 4.98 Å². The molecule has 0 saturated carbocycles. The van der Waals surface area contributed by atoms with Crippen molar-refractivity contribution in [1.82, 2.24) is 19.9 Å². The minimum atomic E-state index is 0.641. The Labute approximate surface area is 362 Å². The van der Waals surface area contributed by atoms with Crippen LogP contribution in [0.1, 0.15) is 44.5 Å². The monoisotopic (exact) mass is 806 g/mol. The van der Waals surface area contributed by atoms with E-state index in [1.165, 1.54) is 33.4 Å². The lowest BCUT2D eigenvalue weighted by Crippen LogP contribution is -1.94. The summed E-state index contributed by atoms with van der Waals surface area (Å²) < 4.78 is 12.7. The van der Waals surface area contributed by atoms with Gasteiger partial charge in [0.2, 0.25) is 11.8 Å². The molecular formula is C56H46N4O2. The fraction of sp³-hybridized carbons (Fsp3) is 0.143. The molecule has 0 bridgehead atoms. The Morgan fingerprint density at radius 3 is 1.16 bits per heavy atom. The highest BCUT2D eigenvalue weighted by molar-refractivity contribution is 5.88. The fourth-order valence-corrected chi connectivity index (χ4v) is 8.57. The Morgan fingerprint density at radius 1 is 0.323 bits per heavy atom. The molecule has 10 aromatic rings. The molecule has 0 saturated heterocycles. The summed E-state index contributed by atoms with van der Waals surface area (Å²) in [6.07, 6.45) is 1.81. The second kappa shape index (κ2) is 15.2. The molecule has 6 nitrogen and oxygen atoms in total. The van der Waals surface area contributed by atoms with Gasteiger partial charge >= 0.3 is 0 Å². The molecule has 0 spiro atoms. The lowest BCUT2D eigenvalue weighted by atomic mass is 9.95. The van der Waals surface area contributed by atoms with E-state index in [4.69, 9.17) is 23.8 Å². The number of aromatic nitrogens is 4. The Kier molecular flexibility index (Phi) is 9.52. The van der Waals surface area contributed by atoms with E-state index >= 15 is 0 Å². The zero-order valence-electron chi connectivity index (χ0n) is 36.3. The number of hydrogen-bond acceptors (Lipinski definition) is 6. The third-order valence-corrected chi connectivity index (χ3v) is 13.1. The maximum absolute atomic E-state index is 6.34. The van der Waals surface area contributed by atoms with Gasteiger partial charge in [-0.2, -0.15) is 0 Å². The molecule has 0 unspecified atom stereocenters. The first kappa shape index (κ1) is 38.7. The lowest BCUT2D eigenvalue weighted by molar-refractivity contribution is 0.616. The average molecular weight is 807 g/mol. The number of hydrogen-bond donors (Lipinski definition) is 0. The quantitative estimate of drug-likeness (QED) is 0.160. The molecule has 0 atom stereocenters. The molecule has 0 N–H and O–H groups in total. The van der Waals surface area contributed by atoms with Gasteiger partial charge in [-0.1, -0.05) is 78.9 Å². The van der Waals surface area contributed by atoms with Crippen molar-refractivity contribution in [3.63, 3.8) is 0 Å². The van der Waals surface area contributed by atoms with Crippen LogP contribution in [-0.2, 0) is 0 Å². The molecule has 0 aliphatic rings. The molecule has 0 radical (unpaired) electrons. The van der Waals surface area contributed by atoms with Crippen molar-refractivity contribution in [1.29, 1.82) is 0 Å². The van der Waals surface area contributed by atoms with Crippen LogP contribution in [0.2, 0.25) is 0 Å². The largest absolute Gasteiger partial charge is 0.436 e. The van der Waals surface area contributed by atoms with Crippen LogP contribution in [0.3, 0.4) is 0 Å². The van der Waals surface area contributed by atoms with Crippen molar-refractivity contribution in [2.45, 2.75) is 55.4 Å². The van der Waals surface area contributed by atoms with E-state index in [1.807, 2.05) is 18.2 Å². The second-order valence-electron chi connectivity index (χ2n) is 16.5. The SMILES string of the molecule is Cc1c(C)c(C)c2oc(-c3ccc(-c4ccc(-c5ccc(-c6ccccn6)nc5-c5ccc(-c6ccc(-c7nc8c(C)c(C)c(C)c(C)c8o7)cc6)cc5)cc4)cc3)nc2c1C. The zero-order chi connectivity index (χ0) is 42.8. The van der Waals surface area contributed by atoms with Crippen molar-refractivity contribution in [3.05, 3.63) is 178 Å². The molecule has 0 aliphatic heterocycles. The zero-order valence-corrected chi connectivity index (χ0v) is 36.3. The Morgan fingerprint density at radius 2 is 0.726 bits per heavy atom. The maximum atomic E-state index is 6.34. The molecule has 4 aromatic heterocycles. The van der Waals surface area contributed by atoms with Gasteiger partial charge in [-0.05, 0) is 176 Å². The lowest BCUT2D eigenvalue weighted by Gasteiger charge is -2.13. The van der Waals surface area contributed by atoms with E-state index in [0.717, 1.165) is 100 Å². The molecule has 0 fully saturated rings. The second-order valence-corrected chi connectivity index (χ2v) is 16.5. The van der Waals surface area contributed by atoms with E-state index in [2.05, 4.69) is 170 Å². The number of benzene rings is 6. The molecule has 6 aromatic carbocycles. The van der Waals surface area contributed by atoms with Crippen molar-refractivity contribution in [3.8, 4) is 78.9 Å². The molecule has 4 heterocycles. The molecule has 62 heavy (non-hydrogen) atoms. The van der Waals surface area contributed by atoms with Crippen molar-refractivity contribution < 1.29 is 8.83 Å². The topological polar surface area (TPSA) is 77.8 Å². The van der Waals surface area contributed by atoms with Gasteiger partial charge in [0.1, 0.15) is 11.0 Å². The van der Waals surface area contributed by atoms with E-state index in [1.54, 1.807) is 6.20 Å². The molecule has 6 heteroatoms. The minimum absolute atomic E-state index is 0.641. The molecule has 0 amide bonds. The average Bonchev–Trinajstić information content (AvgIpc) is 3.99. The van der Waals surface area contributed by atoms with Crippen LogP contribution >= 0.6 is 0 Å². The summed E-state index contributed by atoms with van der Waals surface area (Å²) in [6, 6.07) is 44.4. The van der Waals surface area contributed by atoms with Crippen LogP contribution in [0.25, 0.3) is 101 Å². The van der Waals surface area contributed by atoms with Crippen LogP contribution in [0.4, 0.5) is 0 Å². The van der Waals surface area contributed by atoms with E-state index in [9.17, 15) is 0 Å². The summed E-state index contributed by atoms with van der Waals surface area (Å²) in [4.78, 5) is 19.7. The Balaban J connectivity index is 0.935. The van der Waals surface area contributed by atoms with Crippen molar-refractivity contribution >= 4 is 22.2 Å². The first-order valence-corrected chi connectivity index (χ1v) is 21.1. The van der Waals surface area contributed by atoms with Crippen LogP contribution in [0, 0.1) is 55.4 Å². The number of aryl methyl sites for hydroxylation is 4. The highest BCUT2D eigenvalue weighted by Gasteiger charge is 2.19. The van der Waals surface area contributed by atoms with Gasteiger partial charge < -0.3 is 8.83 Å². The molecule has 0 aliphatic carbocycles. The number of oxazole rings is 2. The summed E-state index contributed by atoms with van der Waals surface area (Å²) in [5, 5.41) is 0. The highest BCUT2D eigenvalue weighted by Crippen LogP contribution is 2.38. The summed E-state index contributed by atoms with van der Waals surface area (Å²) in [5.41, 5.74) is 25.4. The van der Waals surface area contributed by atoms with Gasteiger partial charge in [0.15, 0.2) is 11.2 Å². The van der Waals surface area contributed by atoms with Gasteiger partial charge in [0, 0.05) is 28.5 Å². The van der Waals surface area contributed by atoms with Crippen molar-refractivity contribution in [2.75, 3.05) is 0 Å². The standard InChI is InChI=1S/C56H46N4O2/c1-31-33(3)37(7)53-50(35(31)5)59-55(61-53)45-24-16-41(17-25-45)39-12-20-43(21-13-39)47-28-29-49(48-11-9-10-30-57-48)58-52(47)44-22-14-40(15-23-44)42-18-26-46(27-19-42)56-60-51-36(6)32(2)34(4)38(8)54(51)62-56/h9-30H,1-8H3. The third kappa shape index (κ3) is 6.59. The van der Waals surface area contributed by atoms with Crippen LogP contribution in [0.15, 0.2) is 142 Å². The normalized spacial score (nSPS) is 11.5. The summed E-state index contributed by atoms with van der Waals surface area (Å²) in [7, 11) is 0. The first-order valence-electron chi connectivity index (χ1n) is 21.1. The van der Waals surface area contributed by atoms with Crippen LogP contribution in [0.5, 0.6) is 0 Å². The third-order valence-electron chi connectivity index (χ3n) is 13.1. The fourth-order valence-electron chi connectivity index (χ4n) is 8.57. The first-order chi connectivity index (χ1) is 30.0. The summed E-state index contributed by atoms with van der Waals surface area (Å²) >= 11 is 0. The van der Waals surface area contributed by atoms with Crippen molar-refractivity contribution in [2.24, 2.45) is 0 Å². The number of nitrogens with zero attached hydrogens (tertiary/aromatic N) is 4. The van der Waals surface area contributed by atoms with E-state index < -0.39 is 0 Å². The number of rotatable bonds is 7. The van der Waals surface area contributed by atoms with Crippen LogP contribution < -0.4 is 0 Å². The number of pyridine rings is 2. The summed E-state index contributed by atoms with van der Waals surface area (Å²) in [6.45, 7) is 17.1. The predicted octanol–water partition coefficient (Wildman–Crippen LogP) is 14.9. The summed E-state index contributed by atoms with van der Waals surface area (Å²) in [5.74, 6) is 1.28. The molecule has 302 valence electrons. The molecule has 10 rings (SSSR count). The molecular weight excluding hydrogens is 761 g/mol. The maximum Gasteiger partial charge on any atom is 0.227 e. The van der Waals surface area contributed by atoms with Gasteiger partial charge in [-0.15, -0.1) is 0 Å². The highest BCUT2D eigenvalue weighted by atomic mass is 16.4. The minimum Gasteiger partial charge on any atom is -0.436 e.